The molecule has 0 amide bonds. The summed E-state index contributed by atoms with van der Waals surface area (Å²) in [6, 6.07) is 12.8. The molecule has 0 bridgehead atoms. The van der Waals surface area contributed by atoms with Crippen molar-refractivity contribution in [2.45, 2.75) is 26.4 Å². The van der Waals surface area contributed by atoms with Crippen LogP contribution in [0, 0.1) is 0 Å². The Kier molecular flexibility index (Phi) is 4.50. The zero-order chi connectivity index (χ0) is 13.7. The molecule has 0 aliphatic heterocycles. The number of hydrogen-bond acceptors (Lipinski definition) is 2. The highest BCUT2D eigenvalue weighted by Gasteiger charge is 2.01. The fourth-order valence-corrected chi connectivity index (χ4v) is 2.16. The molecule has 0 spiro atoms. The standard InChI is InChI=1S/C16H23N3/c1-4-10-19-11-6-9-16(19)13-17-14-7-5-8-15(12-14)18(2)3/h5-9,11-12,17H,4,10,13H2,1-3H3. The Bertz CT molecular complexity index is 514. The van der Waals surface area contributed by atoms with Crippen molar-refractivity contribution in [3.63, 3.8) is 0 Å². The van der Waals surface area contributed by atoms with Gasteiger partial charge >= 0.3 is 0 Å². The van der Waals surface area contributed by atoms with Gasteiger partial charge in [0.25, 0.3) is 0 Å². The van der Waals surface area contributed by atoms with Crippen LogP contribution in [0.5, 0.6) is 0 Å². The number of rotatable bonds is 6. The van der Waals surface area contributed by atoms with Gasteiger partial charge in [0, 0.05) is 43.9 Å². The molecular formula is C16H23N3. The number of benzene rings is 1. The van der Waals surface area contributed by atoms with E-state index in [1.54, 1.807) is 0 Å². The van der Waals surface area contributed by atoms with E-state index < -0.39 is 0 Å². The SMILES string of the molecule is CCCn1cccc1CNc1cccc(N(C)C)c1. The summed E-state index contributed by atoms with van der Waals surface area (Å²) in [5, 5.41) is 3.49. The zero-order valence-corrected chi connectivity index (χ0v) is 12.1. The van der Waals surface area contributed by atoms with E-state index in [0.717, 1.165) is 25.2 Å². The largest absolute Gasteiger partial charge is 0.379 e. The number of nitrogens with one attached hydrogen (secondary N) is 1. The maximum absolute atomic E-state index is 3.49. The van der Waals surface area contributed by atoms with Crippen LogP contribution in [0.4, 0.5) is 11.4 Å². The minimum atomic E-state index is 0.865. The van der Waals surface area contributed by atoms with Crippen LogP contribution in [0.15, 0.2) is 42.6 Å². The summed E-state index contributed by atoms with van der Waals surface area (Å²) in [5.74, 6) is 0. The molecule has 0 saturated carbocycles. The third-order valence-electron chi connectivity index (χ3n) is 3.22. The van der Waals surface area contributed by atoms with Gasteiger partial charge in [-0.1, -0.05) is 13.0 Å². The normalized spacial score (nSPS) is 10.5. The molecule has 0 saturated heterocycles. The minimum Gasteiger partial charge on any atom is -0.379 e. The van der Waals surface area contributed by atoms with Gasteiger partial charge in [-0.05, 0) is 36.8 Å². The summed E-state index contributed by atoms with van der Waals surface area (Å²) >= 11 is 0. The van der Waals surface area contributed by atoms with E-state index in [2.05, 4.69) is 78.4 Å². The van der Waals surface area contributed by atoms with Crippen LogP contribution in [0.2, 0.25) is 0 Å². The van der Waals surface area contributed by atoms with Crippen LogP contribution in [0.25, 0.3) is 0 Å². The molecule has 0 aliphatic carbocycles. The molecule has 1 N–H and O–H groups in total. The fraction of sp³-hybridized carbons (Fsp3) is 0.375. The first-order valence-corrected chi connectivity index (χ1v) is 6.86. The molecule has 1 aromatic carbocycles. The molecular weight excluding hydrogens is 234 g/mol. The molecule has 0 atom stereocenters. The van der Waals surface area contributed by atoms with Crippen LogP contribution in [0.3, 0.4) is 0 Å². The van der Waals surface area contributed by atoms with E-state index in [0.29, 0.717) is 0 Å². The molecule has 2 rings (SSSR count). The number of aryl methyl sites for hydroxylation is 1. The fourth-order valence-electron chi connectivity index (χ4n) is 2.16. The van der Waals surface area contributed by atoms with Crippen molar-refractivity contribution in [3.8, 4) is 0 Å². The minimum absolute atomic E-state index is 0.865. The third kappa shape index (κ3) is 3.53. The molecule has 1 heterocycles. The van der Waals surface area contributed by atoms with E-state index >= 15 is 0 Å². The van der Waals surface area contributed by atoms with E-state index in [1.807, 2.05) is 0 Å². The van der Waals surface area contributed by atoms with E-state index in [1.165, 1.54) is 11.4 Å². The lowest BCUT2D eigenvalue weighted by Gasteiger charge is -2.15. The first-order valence-electron chi connectivity index (χ1n) is 6.86. The van der Waals surface area contributed by atoms with Crippen molar-refractivity contribution in [1.29, 1.82) is 0 Å². The van der Waals surface area contributed by atoms with Crippen molar-refractivity contribution < 1.29 is 0 Å². The Morgan fingerprint density at radius 1 is 1.16 bits per heavy atom. The predicted octanol–water partition coefficient (Wildman–Crippen LogP) is 3.58. The van der Waals surface area contributed by atoms with Crippen molar-refractivity contribution in [3.05, 3.63) is 48.3 Å². The summed E-state index contributed by atoms with van der Waals surface area (Å²) in [7, 11) is 4.12. The second-order valence-electron chi connectivity index (χ2n) is 4.99. The number of nitrogens with zero attached hydrogens (tertiary/aromatic N) is 2. The topological polar surface area (TPSA) is 20.2 Å². The Morgan fingerprint density at radius 2 is 2.00 bits per heavy atom. The van der Waals surface area contributed by atoms with Gasteiger partial charge in [-0.2, -0.15) is 0 Å². The van der Waals surface area contributed by atoms with Crippen LogP contribution < -0.4 is 10.2 Å². The van der Waals surface area contributed by atoms with Crippen molar-refractivity contribution >= 4 is 11.4 Å². The molecule has 1 aromatic heterocycles. The molecule has 0 unspecified atom stereocenters. The first kappa shape index (κ1) is 13.5. The van der Waals surface area contributed by atoms with E-state index in [-0.39, 0.29) is 0 Å². The van der Waals surface area contributed by atoms with Crippen LogP contribution in [-0.4, -0.2) is 18.7 Å². The van der Waals surface area contributed by atoms with Crippen LogP contribution >= 0.6 is 0 Å². The Labute approximate surface area is 115 Å². The Balaban J connectivity index is 2.02. The van der Waals surface area contributed by atoms with E-state index in [4.69, 9.17) is 0 Å². The molecule has 0 radical (unpaired) electrons. The number of hydrogen-bond donors (Lipinski definition) is 1. The van der Waals surface area contributed by atoms with Gasteiger partial charge in [0.2, 0.25) is 0 Å². The lowest BCUT2D eigenvalue weighted by Crippen LogP contribution is -2.10. The molecule has 0 fully saturated rings. The van der Waals surface area contributed by atoms with Gasteiger partial charge in [0.05, 0.1) is 6.54 Å². The molecule has 19 heavy (non-hydrogen) atoms. The van der Waals surface area contributed by atoms with Gasteiger partial charge in [-0.3, -0.25) is 0 Å². The smallest absolute Gasteiger partial charge is 0.0553 e. The average Bonchev–Trinajstić information content (AvgIpc) is 2.85. The number of anilines is 2. The Morgan fingerprint density at radius 3 is 2.74 bits per heavy atom. The molecule has 0 aliphatic rings. The summed E-state index contributed by atoms with van der Waals surface area (Å²) in [5.41, 5.74) is 3.71. The highest BCUT2D eigenvalue weighted by molar-refractivity contribution is 5.57. The number of aromatic nitrogens is 1. The highest BCUT2D eigenvalue weighted by atomic mass is 15.1. The summed E-state index contributed by atoms with van der Waals surface area (Å²) < 4.78 is 2.31. The maximum Gasteiger partial charge on any atom is 0.0553 e. The maximum atomic E-state index is 3.49. The van der Waals surface area contributed by atoms with Crippen LogP contribution in [-0.2, 0) is 13.1 Å². The third-order valence-corrected chi connectivity index (χ3v) is 3.22. The van der Waals surface area contributed by atoms with Crippen molar-refractivity contribution in [2.24, 2.45) is 0 Å². The average molecular weight is 257 g/mol. The van der Waals surface area contributed by atoms with Crippen LogP contribution in [0.1, 0.15) is 19.0 Å². The van der Waals surface area contributed by atoms with Gasteiger partial charge < -0.3 is 14.8 Å². The quantitative estimate of drug-likeness (QED) is 0.853. The molecule has 3 heteroatoms. The molecule has 2 aromatic rings. The van der Waals surface area contributed by atoms with Gasteiger partial charge in [0.1, 0.15) is 0 Å². The summed E-state index contributed by atoms with van der Waals surface area (Å²) in [6.45, 7) is 4.16. The second kappa shape index (κ2) is 6.32. The zero-order valence-electron chi connectivity index (χ0n) is 12.1. The molecule has 3 nitrogen and oxygen atoms in total. The first-order chi connectivity index (χ1) is 9.20. The van der Waals surface area contributed by atoms with Gasteiger partial charge in [-0.15, -0.1) is 0 Å². The molecule has 102 valence electrons. The highest BCUT2D eigenvalue weighted by Crippen LogP contribution is 2.18. The lowest BCUT2D eigenvalue weighted by atomic mass is 10.2. The van der Waals surface area contributed by atoms with Gasteiger partial charge in [0.15, 0.2) is 0 Å². The lowest BCUT2D eigenvalue weighted by molar-refractivity contribution is 0.654. The van der Waals surface area contributed by atoms with Crippen molar-refractivity contribution in [2.75, 3.05) is 24.3 Å². The Hall–Kier alpha value is -1.90. The summed E-state index contributed by atoms with van der Waals surface area (Å²) in [4.78, 5) is 2.12. The summed E-state index contributed by atoms with van der Waals surface area (Å²) in [6.07, 6.45) is 3.31. The monoisotopic (exact) mass is 257 g/mol. The second-order valence-corrected chi connectivity index (χ2v) is 4.99. The van der Waals surface area contributed by atoms with Gasteiger partial charge in [-0.25, -0.2) is 0 Å². The predicted molar refractivity (Wildman–Crippen MR) is 82.8 cm³/mol. The van der Waals surface area contributed by atoms with Crippen molar-refractivity contribution in [1.82, 2.24) is 4.57 Å². The van der Waals surface area contributed by atoms with E-state index in [9.17, 15) is 0 Å².